The van der Waals surface area contributed by atoms with Gasteiger partial charge in [0.1, 0.15) is 16.8 Å². The molecule has 4 rings (SSSR count). The molecule has 0 bridgehead atoms. The van der Waals surface area contributed by atoms with Gasteiger partial charge in [0.15, 0.2) is 0 Å². The second-order valence-corrected chi connectivity index (χ2v) is 6.24. The fourth-order valence-corrected chi connectivity index (χ4v) is 3.31. The number of anilines is 1. The summed E-state index contributed by atoms with van der Waals surface area (Å²) in [5, 5.41) is 9.30. The second kappa shape index (κ2) is 6.15. The monoisotopic (exact) mass is 322 g/mol. The molecule has 0 N–H and O–H groups in total. The zero-order chi connectivity index (χ0) is 16.5. The SMILES string of the molecule is CCOc1ccc(-n2nc3cc(C)c(N4CCCC4)cc3n2)cc1. The van der Waals surface area contributed by atoms with E-state index >= 15 is 0 Å². The summed E-state index contributed by atoms with van der Waals surface area (Å²) in [7, 11) is 0. The molecule has 0 amide bonds. The highest BCUT2D eigenvalue weighted by molar-refractivity contribution is 5.81. The van der Waals surface area contributed by atoms with Crippen LogP contribution in [0, 0.1) is 6.92 Å². The van der Waals surface area contributed by atoms with Crippen molar-refractivity contribution >= 4 is 16.7 Å². The van der Waals surface area contributed by atoms with Crippen LogP contribution in [0.3, 0.4) is 0 Å². The minimum absolute atomic E-state index is 0.668. The van der Waals surface area contributed by atoms with E-state index in [2.05, 4.69) is 34.2 Å². The van der Waals surface area contributed by atoms with E-state index in [9.17, 15) is 0 Å². The van der Waals surface area contributed by atoms with E-state index < -0.39 is 0 Å². The number of fused-ring (bicyclic) bond motifs is 1. The van der Waals surface area contributed by atoms with Crippen molar-refractivity contribution in [1.82, 2.24) is 15.0 Å². The van der Waals surface area contributed by atoms with Crippen LogP contribution in [-0.2, 0) is 0 Å². The molecule has 5 heteroatoms. The van der Waals surface area contributed by atoms with Gasteiger partial charge in [0.05, 0.1) is 12.3 Å². The Hall–Kier alpha value is -2.56. The van der Waals surface area contributed by atoms with Crippen LogP contribution in [0.5, 0.6) is 5.75 Å². The summed E-state index contributed by atoms with van der Waals surface area (Å²) >= 11 is 0. The molecule has 1 fully saturated rings. The first kappa shape index (κ1) is 15.0. The molecular weight excluding hydrogens is 300 g/mol. The topological polar surface area (TPSA) is 43.2 Å². The lowest BCUT2D eigenvalue weighted by Crippen LogP contribution is -2.18. The lowest BCUT2D eigenvalue weighted by atomic mass is 10.1. The first-order valence-electron chi connectivity index (χ1n) is 8.60. The van der Waals surface area contributed by atoms with Crippen LogP contribution >= 0.6 is 0 Å². The quantitative estimate of drug-likeness (QED) is 0.734. The van der Waals surface area contributed by atoms with Gasteiger partial charge in [0.25, 0.3) is 0 Å². The summed E-state index contributed by atoms with van der Waals surface area (Å²) < 4.78 is 5.49. The second-order valence-electron chi connectivity index (χ2n) is 6.24. The van der Waals surface area contributed by atoms with Crippen molar-refractivity contribution < 1.29 is 4.74 Å². The minimum Gasteiger partial charge on any atom is -0.494 e. The Kier molecular flexibility index (Phi) is 3.84. The first-order valence-corrected chi connectivity index (χ1v) is 8.60. The number of rotatable bonds is 4. The molecule has 3 aromatic rings. The van der Waals surface area contributed by atoms with Crippen LogP contribution in [0.15, 0.2) is 36.4 Å². The first-order chi connectivity index (χ1) is 11.7. The summed E-state index contributed by atoms with van der Waals surface area (Å²) in [6.45, 7) is 7.08. The number of hydrogen-bond donors (Lipinski definition) is 0. The van der Waals surface area contributed by atoms with E-state index in [0.29, 0.717) is 6.61 Å². The van der Waals surface area contributed by atoms with E-state index in [-0.39, 0.29) is 0 Å². The van der Waals surface area contributed by atoms with Crippen molar-refractivity contribution in [1.29, 1.82) is 0 Å². The maximum absolute atomic E-state index is 5.49. The number of ether oxygens (including phenoxy) is 1. The fraction of sp³-hybridized carbons (Fsp3) is 0.368. The number of aryl methyl sites for hydroxylation is 1. The van der Waals surface area contributed by atoms with Crippen molar-refractivity contribution in [2.24, 2.45) is 0 Å². The van der Waals surface area contributed by atoms with Crippen molar-refractivity contribution in [3.63, 3.8) is 0 Å². The molecule has 5 nitrogen and oxygen atoms in total. The summed E-state index contributed by atoms with van der Waals surface area (Å²) in [6.07, 6.45) is 2.55. The highest BCUT2D eigenvalue weighted by Crippen LogP contribution is 2.28. The van der Waals surface area contributed by atoms with Crippen molar-refractivity contribution in [3.8, 4) is 11.4 Å². The van der Waals surface area contributed by atoms with Gasteiger partial charge in [-0.05, 0) is 68.7 Å². The van der Waals surface area contributed by atoms with Crippen molar-refractivity contribution in [2.45, 2.75) is 26.7 Å². The minimum atomic E-state index is 0.668. The molecule has 0 unspecified atom stereocenters. The summed E-state index contributed by atoms with van der Waals surface area (Å²) in [5.41, 5.74) is 5.37. The van der Waals surface area contributed by atoms with Crippen LogP contribution in [0.2, 0.25) is 0 Å². The van der Waals surface area contributed by atoms with E-state index in [1.807, 2.05) is 31.2 Å². The number of hydrogen-bond acceptors (Lipinski definition) is 4. The van der Waals surface area contributed by atoms with E-state index in [1.165, 1.54) is 24.1 Å². The normalized spacial score (nSPS) is 14.5. The number of benzene rings is 2. The lowest BCUT2D eigenvalue weighted by molar-refractivity contribution is 0.340. The lowest BCUT2D eigenvalue weighted by Gasteiger charge is -2.19. The molecular formula is C19H22N4O. The van der Waals surface area contributed by atoms with E-state index in [1.54, 1.807) is 4.80 Å². The average molecular weight is 322 g/mol. The molecule has 2 heterocycles. The largest absolute Gasteiger partial charge is 0.494 e. The maximum atomic E-state index is 5.49. The molecule has 0 aliphatic carbocycles. The Labute approximate surface area is 141 Å². The van der Waals surface area contributed by atoms with E-state index in [0.717, 1.165) is 35.6 Å². The molecule has 124 valence electrons. The van der Waals surface area contributed by atoms with E-state index in [4.69, 9.17) is 4.74 Å². The molecule has 0 saturated carbocycles. The van der Waals surface area contributed by atoms with Gasteiger partial charge in [0, 0.05) is 18.8 Å². The van der Waals surface area contributed by atoms with Crippen LogP contribution in [0.4, 0.5) is 5.69 Å². The Balaban J connectivity index is 1.69. The van der Waals surface area contributed by atoms with Crippen molar-refractivity contribution in [3.05, 3.63) is 42.0 Å². The Morgan fingerprint density at radius 2 is 1.67 bits per heavy atom. The van der Waals surface area contributed by atoms with Crippen LogP contribution in [0.1, 0.15) is 25.3 Å². The van der Waals surface area contributed by atoms with Crippen molar-refractivity contribution in [2.75, 3.05) is 24.6 Å². The highest BCUT2D eigenvalue weighted by Gasteiger charge is 2.16. The van der Waals surface area contributed by atoms with Gasteiger partial charge in [-0.3, -0.25) is 0 Å². The third-order valence-corrected chi connectivity index (χ3v) is 4.52. The predicted octanol–water partition coefficient (Wildman–Crippen LogP) is 3.73. The zero-order valence-corrected chi connectivity index (χ0v) is 14.2. The van der Waals surface area contributed by atoms with Gasteiger partial charge in [-0.25, -0.2) is 0 Å². The third-order valence-electron chi connectivity index (χ3n) is 4.52. The molecule has 0 radical (unpaired) electrons. The zero-order valence-electron chi connectivity index (χ0n) is 14.2. The Morgan fingerprint density at radius 1 is 1.00 bits per heavy atom. The number of aromatic nitrogens is 3. The molecule has 1 aromatic heterocycles. The molecule has 24 heavy (non-hydrogen) atoms. The van der Waals surface area contributed by atoms with Gasteiger partial charge in [0.2, 0.25) is 0 Å². The van der Waals surface area contributed by atoms with Gasteiger partial charge in [-0.2, -0.15) is 4.80 Å². The highest BCUT2D eigenvalue weighted by atomic mass is 16.5. The van der Waals surface area contributed by atoms with Crippen LogP contribution < -0.4 is 9.64 Å². The summed E-state index contributed by atoms with van der Waals surface area (Å²) in [6, 6.07) is 12.2. The van der Waals surface area contributed by atoms with Crippen LogP contribution in [0.25, 0.3) is 16.7 Å². The smallest absolute Gasteiger partial charge is 0.119 e. The van der Waals surface area contributed by atoms with Gasteiger partial charge in [-0.1, -0.05) is 0 Å². The fourth-order valence-electron chi connectivity index (χ4n) is 3.31. The Bertz CT molecular complexity index is 848. The molecule has 1 aliphatic heterocycles. The molecule has 2 aromatic carbocycles. The predicted molar refractivity (Wildman–Crippen MR) is 96.2 cm³/mol. The standard InChI is InChI=1S/C19H22N4O/c1-3-24-16-8-6-15(7-9-16)23-20-17-12-14(2)19(13-18(17)21-23)22-10-4-5-11-22/h6-9,12-13H,3-5,10-11H2,1-2H3. The average Bonchev–Trinajstić information content (AvgIpc) is 3.24. The third kappa shape index (κ3) is 2.70. The Morgan fingerprint density at radius 3 is 2.33 bits per heavy atom. The van der Waals surface area contributed by atoms with Gasteiger partial charge < -0.3 is 9.64 Å². The molecule has 0 spiro atoms. The van der Waals surface area contributed by atoms with Crippen LogP contribution in [-0.4, -0.2) is 34.7 Å². The molecule has 1 aliphatic rings. The maximum Gasteiger partial charge on any atom is 0.119 e. The van der Waals surface area contributed by atoms with Gasteiger partial charge >= 0.3 is 0 Å². The molecule has 1 saturated heterocycles. The molecule has 0 atom stereocenters. The summed E-state index contributed by atoms with van der Waals surface area (Å²) in [4.78, 5) is 4.15. The summed E-state index contributed by atoms with van der Waals surface area (Å²) in [5.74, 6) is 0.866. The van der Waals surface area contributed by atoms with Gasteiger partial charge in [-0.15, -0.1) is 10.2 Å². The number of nitrogens with zero attached hydrogens (tertiary/aromatic N) is 4.